The van der Waals surface area contributed by atoms with E-state index in [0.29, 0.717) is 5.92 Å². The molecule has 2 unspecified atom stereocenters. The van der Waals surface area contributed by atoms with E-state index >= 15 is 0 Å². The van der Waals surface area contributed by atoms with E-state index in [2.05, 4.69) is 13.8 Å². The smallest absolute Gasteiger partial charge is 0.0750 e. The van der Waals surface area contributed by atoms with E-state index in [4.69, 9.17) is 10.5 Å². The van der Waals surface area contributed by atoms with Crippen molar-refractivity contribution in [2.24, 2.45) is 17.6 Å². The van der Waals surface area contributed by atoms with Crippen molar-refractivity contribution >= 4 is 0 Å². The summed E-state index contributed by atoms with van der Waals surface area (Å²) in [7, 11) is 1.84. The monoisotopic (exact) mass is 241 g/mol. The molecular weight excluding hydrogens is 210 g/mol. The Balaban J connectivity index is 2.46. The van der Waals surface area contributed by atoms with Crippen molar-refractivity contribution in [1.29, 1.82) is 0 Å². The Bertz CT molecular complexity index is 185. The van der Waals surface area contributed by atoms with Crippen LogP contribution in [-0.4, -0.2) is 19.3 Å². The van der Waals surface area contributed by atoms with Gasteiger partial charge in [0, 0.05) is 13.2 Å². The van der Waals surface area contributed by atoms with Crippen LogP contribution < -0.4 is 5.73 Å². The second-order valence-electron chi connectivity index (χ2n) is 5.68. The number of methoxy groups -OCH3 is 1. The zero-order valence-electron chi connectivity index (χ0n) is 12.0. The molecule has 102 valence electrons. The number of rotatable bonds is 7. The first-order valence-corrected chi connectivity index (χ1v) is 7.51. The Morgan fingerprint density at radius 3 is 2.18 bits per heavy atom. The molecule has 2 atom stereocenters. The van der Waals surface area contributed by atoms with E-state index in [1.165, 1.54) is 44.9 Å². The molecular formula is C15H31NO. The van der Waals surface area contributed by atoms with Gasteiger partial charge >= 0.3 is 0 Å². The van der Waals surface area contributed by atoms with Crippen molar-refractivity contribution in [2.75, 3.05) is 7.11 Å². The van der Waals surface area contributed by atoms with Crippen molar-refractivity contribution in [3.05, 3.63) is 0 Å². The van der Waals surface area contributed by atoms with Crippen LogP contribution in [0, 0.1) is 11.8 Å². The highest BCUT2D eigenvalue weighted by atomic mass is 16.5. The van der Waals surface area contributed by atoms with E-state index < -0.39 is 0 Å². The number of hydrogen-bond acceptors (Lipinski definition) is 2. The Kier molecular flexibility index (Phi) is 7.14. The maximum Gasteiger partial charge on any atom is 0.0750 e. The molecule has 0 saturated heterocycles. The van der Waals surface area contributed by atoms with Gasteiger partial charge in [-0.1, -0.05) is 46.0 Å². The summed E-state index contributed by atoms with van der Waals surface area (Å²) in [6.45, 7) is 4.53. The Labute approximate surface area is 107 Å². The quantitative estimate of drug-likeness (QED) is 0.737. The fourth-order valence-corrected chi connectivity index (χ4v) is 3.32. The van der Waals surface area contributed by atoms with Crippen LogP contribution in [0.2, 0.25) is 0 Å². The topological polar surface area (TPSA) is 35.2 Å². The molecule has 17 heavy (non-hydrogen) atoms. The molecule has 2 nitrogen and oxygen atoms in total. The molecule has 1 fully saturated rings. The lowest BCUT2D eigenvalue weighted by Crippen LogP contribution is -2.43. The molecule has 0 spiro atoms. The molecule has 2 heteroatoms. The molecule has 0 heterocycles. The number of hydrogen-bond donors (Lipinski definition) is 1. The maximum absolute atomic E-state index is 6.39. The van der Waals surface area contributed by atoms with Gasteiger partial charge in [-0.15, -0.1) is 0 Å². The van der Waals surface area contributed by atoms with Crippen LogP contribution in [0.4, 0.5) is 0 Å². The van der Waals surface area contributed by atoms with E-state index in [9.17, 15) is 0 Å². The van der Waals surface area contributed by atoms with Crippen LogP contribution in [0.25, 0.3) is 0 Å². The Morgan fingerprint density at radius 2 is 1.71 bits per heavy atom. The van der Waals surface area contributed by atoms with Gasteiger partial charge < -0.3 is 10.5 Å². The predicted molar refractivity (Wildman–Crippen MR) is 74.0 cm³/mol. The average molecular weight is 241 g/mol. The SMILES string of the molecule is CCC(CC)CC(N)C(OC)C1CCCCC1. The summed E-state index contributed by atoms with van der Waals surface area (Å²) in [5.41, 5.74) is 6.39. The van der Waals surface area contributed by atoms with Gasteiger partial charge in [-0.25, -0.2) is 0 Å². The summed E-state index contributed by atoms with van der Waals surface area (Å²) in [5.74, 6) is 1.48. The van der Waals surface area contributed by atoms with Crippen LogP contribution in [-0.2, 0) is 4.74 Å². The van der Waals surface area contributed by atoms with E-state index in [-0.39, 0.29) is 12.1 Å². The first kappa shape index (κ1) is 15.0. The van der Waals surface area contributed by atoms with Gasteiger partial charge in [0.25, 0.3) is 0 Å². The van der Waals surface area contributed by atoms with E-state index in [0.717, 1.165) is 12.3 Å². The Hall–Kier alpha value is -0.0800. The summed E-state index contributed by atoms with van der Waals surface area (Å²) in [5, 5.41) is 0. The molecule has 0 bridgehead atoms. The highest BCUT2D eigenvalue weighted by Crippen LogP contribution is 2.30. The summed E-state index contributed by atoms with van der Waals surface area (Å²) in [6, 6.07) is 0.230. The zero-order chi connectivity index (χ0) is 12.7. The van der Waals surface area contributed by atoms with Crippen LogP contribution in [0.15, 0.2) is 0 Å². The van der Waals surface area contributed by atoms with Crippen molar-refractivity contribution < 1.29 is 4.74 Å². The molecule has 0 aliphatic heterocycles. The van der Waals surface area contributed by atoms with Crippen LogP contribution in [0.3, 0.4) is 0 Å². The summed E-state index contributed by atoms with van der Waals surface area (Å²) >= 11 is 0. The molecule has 0 amide bonds. The van der Waals surface area contributed by atoms with Crippen molar-refractivity contribution in [3.8, 4) is 0 Å². The molecule has 0 radical (unpaired) electrons. The molecule has 1 saturated carbocycles. The third-order valence-electron chi connectivity index (χ3n) is 4.57. The lowest BCUT2D eigenvalue weighted by Gasteiger charge is -2.34. The lowest BCUT2D eigenvalue weighted by molar-refractivity contribution is 0.0119. The molecule has 0 aromatic heterocycles. The molecule has 0 aromatic carbocycles. The summed E-state index contributed by atoms with van der Waals surface area (Å²) < 4.78 is 5.72. The van der Waals surface area contributed by atoms with E-state index in [1.54, 1.807) is 0 Å². The highest BCUT2D eigenvalue weighted by molar-refractivity contribution is 4.83. The number of ether oxygens (including phenoxy) is 1. The van der Waals surface area contributed by atoms with Gasteiger partial charge in [-0.2, -0.15) is 0 Å². The largest absolute Gasteiger partial charge is 0.380 e. The van der Waals surface area contributed by atoms with Crippen molar-refractivity contribution in [2.45, 2.75) is 77.4 Å². The van der Waals surface area contributed by atoms with Gasteiger partial charge in [0.1, 0.15) is 0 Å². The second kappa shape index (κ2) is 8.10. The highest BCUT2D eigenvalue weighted by Gasteiger charge is 2.29. The zero-order valence-corrected chi connectivity index (χ0v) is 12.0. The van der Waals surface area contributed by atoms with Gasteiger partial charge in [0.15, 0.2) is 0 Å². The maximum atomic E-state index is 6.39. The molecule has 0 aromatic rings. The lowest BCUT2D eigenvalue weighted by atomic mass is 9.80. The standard InChI is InChI=1S/C15H31NO/c1-4-12(5-2)11-14(16)15(17-3)13-9-7-6-8-10-13/h12-15H,4-11,16H2,1-3H3. The third kappa shape index (κ3) is 4.59. The van der Waals surface area contributed by atoms with E-state index in [1.807, 2.05) is 7.11 Å². The fraction of sp³-hybridized carbons (Fsp3) is 1.00. The normalized spacial score (nSPS) is 21.7. The van der Waals surface area contributed by atoms with Gasteiger partial charge in [0.2, 0.25) is 0 Å². The minimum absolute atomic E-state index is 0.230. The van der Waals surface area contributed by atoms with Crippen molar-refractivity contribution in [3.63, 3.8) is 0 Å². The van der Waals surface area contributed by atoms with Crippen LogP contribution >= 0.6 is 0 Å². The first-order chi connectivity index (χ1) is 8.22. The molecule has 1 rings (SSSR count). The minimum Gasteiger partial charge on any atom is -0.380 e. The molecule has 2 N–H and O–H groups in total. The average Bonchev–Trinajstić information content (AvgIpc) is 2.38. The van der Waals surface area contributed by atoms with Crippen LogP contribution in [0.5, 0.6) is 0 Å². The fourth-order valence-electron chi connectivity index (χ4n) is 3.32. The molecule has 1 aliphatic rings. The van der Waals surface area contributed by atoms with Crippen molar-refractivity contribution in [1.82, 2.24) is 0 Å². The number of nitrogens with two attached hydrogens (primary N) is 1. The predicted octanol–water partition coefficient (Wildman–Crippen LogP) is 3.74. The van der Waals surface area contributed by atoms with Gasteiger partial charge in [0.05, 0.1) is 6.10 Å². The molecule has 1 aliphatic carbocycles. The van der Waals surface area contributed by atoms with Gasteiger partial charge in [-0.3, -0.25) is 0 Å². The first-order valence-electron chi connectivity index (χ1n) is 7.51. The Morgan fingerprint density at radius 1 is 1.12 bits per heavy atom. The van der Waals surface area contributed by atoms with Crippen LogP contribution in [0.1, 0.15) is 65.2 Å². The third-order valence-corrected chi connectivity index (χ3v) is 4.57. The second-order valence-corrected chi connectivity index (χ2v) is 5.68. The van der Waals surface area contributed by atoms with Gasteiger partial charge in [-0.05, 0) is 31.1 Å². The summed E-state index contributed by atoms with van der Waals surface area (Å²) in [6.07, 6.45) is 10.7. The summed E-state index contributed by atoms with van der Waals surface area (Å²) in [4.78, 5) is 0. The minimum atomic E-state index is 0.230.